The van der Waals surface area contributed by atoms with Gasteiger partial charge in [0.1, 0.15) is 12.3 Å². The van der Waals surface area contributed by atoms with E-state index in [1.165, 1.54) is 20.3 Å². The topological polar surface area (TPSA) is 77.9 Å². The number of pyridine rings is 1. The first kappa shape index (κ1) is 14.6. The zero-order valence-corrected chi connectivity index (χ0v) is 11.7. The first-order valence-electron chi connectivity index (χ1n) is 6.18. The van der Waals surface area contributed by atoms with Crippen LogP contribution in [-0.2, 0) is 6.61 Å². The van der Waals surface area contributed by atoms with Crippen LogP contribution < -0.4 is 14.2 Å². The Morgan fingerprint density at radius 2 is 1.71 bits per heavy atom. The molecule has 0 amide bonds. The summed E-state index contributed by atoms with van der Waals surface area (Å²) in [5, 5.41) is 8.92. The summed E-state index contributed by atoms with van der Waals surface area (Å²) in [5.74, 6) is 0.434. The molecule has 1 aromatic carbocycles. The SMILES string of the molecule is COc1cccc(OC)c1OCc1cccc(C(=O)O)n1. The quantitative estimate of drug-likeness (QED) is 0.879. The van der Waals surface area contributed by atoms with Crippen LogP contribution in [0.4, 0.5) is 0 Å². The van der Waals surface area contributed by atoms with Gasteiger partial charge in [-0.25, -0.2) is 9.78 Å². The van der Waals surface area contributed by atoms with Gasteiger partial charge in [0.05, 0.1) is 19.9 Å². The van der Waals surface area contributed by atoms with E-state index < -0.39 is 5.97 Å². The molecule has 0 saturated heterocycles. The average molecular weight is 289 g/mol. The number of methoxy groups -OCH3 is 2. The Kier molecular flexibility index (Phi) is 4.61. The van der Waals surface area contributed by atoms with Crippen molar-refractivity contribution >= 4 is 5.97 Å². The van der Waals surface area contributed by atoms with Crippen LogP contribution in [0.2, 0.25) is 0 Å². The minimum absolute atomic E-state index is 0.0249. The van der Waals surface area contributed by atoms with Crippen LogP contribution in [0.5, 0.6) is 17.2 Å². The van der Waals surface area contributed by atoms with E-state index in [1.54, 1.807) is 30.3 Å². The van der Waals surface area contributed by atoms with Gasteiger partial charge in [0, 0.05) is 0 Å². The molecule has 1 aromatic heterocycles. The molecule has 0 aliphatic heterocycles. The molecule has 0 spiro atoms. The Balaban J connectivity index is 2.20. The molecule has 2 rings (SSSR count). The van der Waals surface area contributed by atoms with Gasteiger partial charge in [-0.3, -0.25) is 0 Å². The number of aromatic carboxylic acids is 1. The van der Waals surface area contributed by atoms with Gasteiger partial charge in [-0.2, -0.15) is 0 Å². The van der Waals surface area contributed by atoms with Crippen molar-refractivity contribution in [1.29, 1.82) is 0 Å². The van der Waals surface area contributed by atoms with Crippen molar-refractivity contribution in [2.45, 2.75) is 6.61 Å². The highest BCUT2D eigenvalue weighted by Gasteiger charge is 2.12. The van der Waals surface area contributed by atoms with E-state index in [0.29, 0.717) is 22.9 Å². The van der Waals surface area contributed by atoms with Crippen molar-refractivity contribution in [3.8, 4) is 17.2 Å². The predicted molar refractivity (Wildman–Crippen MR) is 75.1 cm³/mol. The fraction of sp³-hybridized carbons (Fsp3) is 0.200. The normalized spacial score (nSPS) is 10.0. The largest absolute Gasteiger partial charge is 0.493 e. The van der Waals surface area contributed by atoms with Crippen molar-refractivity contribution in [2.75, 3.05) is 14.2 Å². The summed E-state index contributed by atoms with van der Waals surface area (Å²) in [4.78, 5) is 14.9. The summed E-state index contributed by atoms with van der Waals surface area (Å²) < 4.78 is 16.1. The zero-order chi connectivity index (χ0) is 15.2. The number of ether oxygens (including phenoxy) is 3. The van der Waals surface area contributed by atoms with E-state index in [9.17, 15) is 4.79 Å². The number of carboxylic acid groups (broad SMARTS) is 1. The molecule has 0 aliphatic carbocycles. The molecule has 1 heterocycles. The lowest BCUT2D eigenvalue weighted by Gasteiger charge is -2.13. The maximum atomic E-state index is 10.9. The van der Waals surface area contributed by atoms with E-state index >= 15 is 0 Å². The van der Waals surface area contributed by atoms with Gasteiger partial charge in [-0.15, -0.1) is 0 Å². The molecule has 2 aromatic rings. The van der Waals surface area contributed by atoms with Crippen LogP contribution in [0.25, 0.3) is 0 Å². The maximum absolute atomic E-state index is 10.9. The van der Waals surface area contributed by atoms with Crippen LogP contribution >= 0.6 is 0 Å². The van der Waals surface area contributed by atoms with Crippen LogP contribution in [0.3, 0.4) is 0 Å². The number of hydrogen-bond donors (Lipinski definition) is 1. The molecule has 0 atom stereocenters. The average Bonchev–Trinajstić information content (AvgIpc) is 2.52. The maximum Gasteiger partial charge on any atom is 0.354 e. The van der Waals surface area contributed by atoms with Crippen LogP contribution in [-0.4, -0.2) is 30.3 Å². The van der Waals surface area contributed by atoms with Crippen molar-refractivity contribution in [3.63, 3.8) is 0 Å². The van der Waals surface area contributed by atoms with Crippen molar-refractivity contribution < 1.29 is 24.1 Å². The van der Waals surface area contributed by atoms with Crippen LogP contribution in [0.1, 0.15) is 16.2 Å². The minimum atomic E-state index is -1.08. The van der Waals surface area contributed by atoms with Gasteiger partial charge < -0.3 is 19.3 Å². The molecule has 0 fully saturated rings. The Labute approximate surface area is 121 Å². The Bertz CT molecular complexity index is 619. The lowest BCUT2D eigenvalue weighted by atomic mass is 10.3. The van der Waals surface area contributed by atoms with Crippen LogP contribution in [0.15, 0.2) is 36.4 Å². The van der Waals surface area contributed by atoms with Gasteiger partial charge in [0.25, 0.3) is 0 Å². The number of aromatic nitrogens is 1. The molecule has 0 saturated carbocycles. The third-order valence-electron chi connectivity index (χ3n) is 2.77. The lowest BCUT2D eigenvalue weighted by Crippen LogP contribution is -2.06. The standard InChI is InChI=1S/C15H15NO5/c1-19-12-7-4-8-13(20-2)14(12)21-9-10-5-3-6-11(16-10)15(17)18/h3-8H,9H2,1-2H3,(H,17,18). The molecule has 0 aliphatic rings. The number of benzene rings is 1. The number of hydrogen-bond acceptors (Lipinski definition) is 5. The number of carbonyl (C=O) groups is 1. The van der Waals surface area contributed by atoms with Crippen molar-refractivity contribution in [3.05, 3.63) is 47.8 Å². The molecule has 0 unspecified atom stereocenters. The molecule has 21 heavy (non-hydrogen) atoms. The highest BCUT2D eigenvalue weighted by atomic mass is 16.5. The summed E-state index contributed by atoms with van der Waals surface area (Å²) >= 11 is 0. The highest BCUT2D eigenvalue weighted by Crippen LogP contribution is 2.37. The Morgan fingerprint density at radius 1 is 1.10 bits per heavy atom. The van der Waals surface area contributed by atoms with Crippen LogP contribution in [0, 0.1) is 0 Å². The second-order valence-corrected chi connectivity index (χ2v) is 4.10. The van der Waals surface area contributed by atoms with E-state index in [0.717, 1.165) is 0 Å². The van der Waals surface area contributed by atoms with Gasteiger partial charge >= 0.3 is 5.97 Å². The molecular weight excluding hydrogens is 274 g/mol. The molecule has 1 N–H and O–H groups in total. The van der Waals surface area contributed by atoms with E-state index in [4.69, 9.17) is 19.3 Å². The summed E-state index contributed by atoms with van der Waals surface area (Å²) in [6.45, 7) is 0.109. The predicted octanol–water partition coefficient (Wildman–Crippen LogP) is 2.38. The smallest absolute Gasteiger partial charge is 0.354 e. The second-order valence-electron chi connectivity index (χ2n) is 4.10. The Hall–Kier alpha value is -2.76. The van der Waals surface area contributed by atoms with Gasteiger partial charge in [-0.1, -0.05) is 12.1 Å². The van der Waals surface area contributed by atoms with Crippen molar-refractivity contribution in [2.24, 2.45) is 0 Å². The van der Waals surface area contributed by atoms with Crippen molar-refractivity contribution in [1.82, 2.24) is 4.98 Å². The first-order valence-corrected chi connectivity index (χ1v) is 6.18. The first-order chi connectivity index (χ1) is 10.2. The Morgan fingerprint density at radius 3 is 2.29 bits per heavy atom. The highest BCUT2D eigenvalue weighted by molar-refractivity contribution is 5.85. The third kappa shape index (κ3) is 3.42. The zero-order valence-electron chi connectivity index (χ0n) is 11.7. The second kappa shape index (κ2) is 6.60. The number of para-hydroxylation sites is 1. The van der Waals surface area contributed by atoms with E-state index in [2.05, 4.69) is 4.98 Å². The molecule has 6 heteroatoms. The lowest BCUT2D eigenvalue weighted by molar-refractivity contribution is 0.0690. The summed E-state index contributed by atoms with van der Waals surface area (Å²) in [6.07, 6.45) is 0. The summed E-state index contributed by atoms with van der Waals surface area (Å²) in [6, 6.07) is 10.0. The molecule has 110 valence electrons. The summed E-state index contributed by atoms with van der Waals surface area (Å²) in [7, 11) is 3.07. The number of rotatable bonds is 6. The third-order valence-corrected chi connectivity index (χ3v) is 2.77. The monoisotopic (exact) mass is 289 g/mol. The number of carboxylic acids is 1. The molecular formula is C15H15NO5. The van der Waals surface area contributed by atoms with Gasteiger partial charge in [-0.05, 0) is 24.3 Å². The molecule has 0 radical (unpaired) electrons. The molecule has 6 nitrogen and oxygen atoms in total. The summed E-state index contributed by atoms with van der Waals surface area (Å²) in [5.41, 5.74) is 0.478. The van der Waals surface area contributed by atoms with E-state index in [1.807, 2.05) is 0 Å². The fourth-order valence-electron chi connectivity index (χ4n) is 1.78. The fourth-order valence-corrected chi connectivity index (χ4v) is 1.78. The minimum Gasteiger partial charge on any atom is -0.493 e. The number of nitrogens with zero attached hydrogens (tertiary/aromatic N) is 1. The van der Waals surface area contributed by atoms with Gasteiger partial charge in [0.15, 0.2) is 11.5 Å². The van der Waals surface area contributed by atoms with Gasteiger partial charge in [0.2, 0.25) is 5.75 Å². The molecule has 0 bridgehead atoms. The van der Waals surface area contributed by atoms with E-state index in [-0.39, 0.29) is 12.3 Å².